The van der Waals surface area contributed by atoms with E-state index in [9.17, 15) is 0 Å². The van der Waals surface area contributed by atoms with Gasteiger partial charge < -0.3 is 17.0 Å². The molecule has 2 aliphatic rings. The first-order chi connectivity index (χ1) is 12.2. The fourth-order valence-corrected chi connectivity index (χ4v) is 4.06. The van der Waals surface area contributed by atoms with Gasteiger partial charge in [-0.25, -0.2) is 4.98 Å². The molecule has 3 aromatic rings. The molecule has 0 bridgehead atoms. The van der Waals surface area contributed by atoms with Crippen LogP contribution in [0.25, 0.3) is 11.3 Å². The van der Waals surface area contributed by atoms with E-state index in [2.05, 4.69) is 40.0 Å². The minimum absolute atomic E-state index is 0. The van der Waals surface area contributed by atoms with E-state index >= 15 is 0 Å². The van der Waals surface area contributed by atoms with E-state index in [4.69, 9.17) is 16.6 Å². The van der Waals surface area contributed by atoms with Gasteiger partial charge in [-0.1, -0.05) is 51.6 Å². The number of rotatable bonds is 2. The highest BCUT2D eigenvalue weighted by Crippen LogP contribution is 2.27. The lowest BCUT2D eigenvalue weighted by molar-refractivity contribution is -0.751. The molecule has 0 saturated heterocycles. The lowest BCUT2D eigenvalue weighted by Crippen LogP contribution is -3.16. The monoisotopic (exact) mass is 445 g/mol. The minimum atomic E-state index is 0. The second kappa shape index (κ2) is 6.66. The Hall–Kier alpha value is -1.93. The zero-order chi connectivity index (χ0) is 17.0. The summed E-state index contributed by atoms with van der Waals surface area (Å²) >= 11 is 7.53. The topological polar surface area (TPSA) is 47.0 Å². The normalized spacial score (nSPS) is 17.2. The lowest BCUT2D eigenvalue weighted by Gasteiger charge is -2.10. The van der Waals surface area contributed by atoms with Crippen LogP contribution in [-0.2, 0) is 0 Å². The van der Waals surface area contributed by atoms with Crippen molar-refractivity contribution in [1.82, 2.24) is 9.66 Å². The van der Waals surface area contributed by atoms with Gasteiger partial charge in [-0.15, -0.1) is 5.01 Å². The second-order valence-corrected chi connectivity index (χ2v) is 7.35. The molecule has 0 fully saturated rings. The molecule has 1 aromatic heterocycles. The number of aromatic nitrogens is 2. The van der Waals surface area contributed by atoms with Crippen LogP contribution >= 0.6 is 23.4 Å². The van der Waals surface area contributed by atoms with E-state index < -0.39 is 0 Å². The number of halogens is 2. The first-order valence-corrected chi connectivity index (χ1v) is 9.02. The Morgan fingerprint density at radius 2 is 1.85 bits per heavy atom. The van der Waals surface area contributed by atoms with Crippen LogP contribution < -0.4 is 22.0 Å². The maximum Gasteiger partial charge on any atom is 0.320 e. The molecule has 0 radical (unpaired) electrons. The average molecular weight is 447 g/mol. The largest absolute Gasteiger partial charge is 1.00 e. The van der Waals surface area contributed by atoms with Crippen molar-refractivity contribution in [1.29, 1.82) is 0 Å². The van der Waals surface area contributed by atoms with Crippen LogP contribution in [0, 0.1) is 6.92 Å². The first kappa shape index (κ1) is 17.5. The van der Waals surface area contributed by atoms with Gasteiger partial charge in [0.1, 0.15) is 0 Å². The predicted octanol–water partition coefficient (Wildman–Crippen LogP) is 0.00102. The Labute approximate surface area is 170 Å². The summed E-state index contributed by atoms with van der Waals surface area (Å²) in [5.41, 5.74) is 4.23. The Morgan fingerprint density at radius 3 is 2.62 bits per heavy atom. The maximum absolute atomic E-state index is 5.98. The number of imidazole rings is 1. The van der Waals surface area contributed by atoms with Crippen LogP contribution in [0.2, 0.25) is 5.02 Å². The predicted molar refractivity (Wildman–Crippen MR) is 100 cm³/mol. The van der Waals surface area contributed by atoms with E-state index in [0.29, 0.717) is 0 Å². The molecular weight excluding hydrogens is 434 g/mol. The van der Waals surface area contributed by atoms with Crippen LogP contribution in [0.4, 0.5) is 0 Å². The van der Waals surface area contributed by atoms with E-state index in [1.54, 1.807) is 11.8 Å². The van der Waals surface area contributed by atoms with E-state index in [-0.39, 0.29) is 17.0 Å². The molecule has 2 aliphatic heterocycles. The van der Waals surface area contributed by atoms with Crippen molar-refractivity contribution in [2.75, 3.05) is 0 Å². The zero-order valence-corrected chi connectivity index (χ0v) is 16.8. The van der Waals surface area contributed by atoms with Crippen LogP contribution in [0.1, 0.15) is 11.1 Å². The van der Waals surface area contributed by atoms with Crippen LogP contribution in [0.3, 0.4) is 0 Å². The van der Waals surface area contributed by atoms with Gasteiger partial charge in [0.15, 0.2) is 0 Å². The number of nitrogens with zero attached hydrogens (tertiary/aromatic N) is 4. The highest BCUT2D eigenvalue weighted by molar-refractivity contribution is 8.13. The van der Waals surface area contributed by atoms with Crippen molar-refractivity contribution in [3.63, 3.8) is 0 Å². The smallest absolute Gasteiger partial charge is 0.320 e. The molecule has 5 rings (SSSR count). The molecule has 0 spiro atoms. The van der Waals surface area contributed by atoms with Gasteiger partial charge in [0.2, 0.25) is 5.16 Å². The first-order valence-electron chi connectivity index (χ1n) is 7.83. The maximum atomic E-state index is 5.98. The third-order valence-electron chi connectivity index (χ3n) is 4.20. The molecule has 8 heteroatoms. The lowest BCUT2D eigenvalue weighted by atomic mass is 10.1. The van der Waals surface area contributed by atoms with Crippen LogP contribution in [0.15, 0.2) is 70.1 Å². The molecule has 0 saturated carbocycles. The number of hydrogen-bond acceptors (Lipinski definition) is 4. The average Bonchev–Trinajstić information content (AvgIpc) is 3.26. The third-order valence-corrected chi connectivity index (χ3v) is 5.39. The molecule has 1 N–H and O–H groups in total. The van der Waals surface area contributed by atoms with E-state index in [1.807, 2.05) is 36.5 Å². The van der Waals surface area contributed by atoms with Gasteiger partial charge in [-0.2, -0.15) is 4.68 Å². The Kier molecular flexibility index (Phi) is 4.48. The number of quaternary nitrogens is 1. The van der Waals surface area contributed by atoms with Gasteiger partial charge in [-0.3, -0.25) is 0 Å². The molecule has 1 unspecified atom stereocenters. The van der Waals surface area contributed by atoms with Crippen molar-refractivity contribution < 1.29 is 22.0 Å². The highest BCUT2D eigenvalue weighted by atomic mass is 79.9. The Balaban J connectivity index is 0.00000168. The SMILES string of the molecule is Cc1cccc(C2=NN=C3Sc4nc(-c5ccc(Cl)cc5)cn4[NH+]32)c1.[Br-]. The fourth-order valence-electron chi connectivity index (χ4n) is 3.01. The summed E-state index contributed by atoms with van der Waals surface area (Å²) in [6.07, 6.45) is 2.04. The van der Waals surface area contributed by atoms with E-state index in [0.717, 1.165) is 43.0 Å². The van der Waals surface area contributed by atoms with Crippen LogP contribution in [-0.4, -0.2) is 20.7 Å². The Bertz CT molecular complexity index is 1060. The molecule has 5 nitrogen and oxygen atoms in total. The highest BCUT2D eigenvalue weighted by Gasteiger charge is 2.42. The van der Waals surface area contributed by atoms with Crippen LogP contribution in [0.5, 0.6) is 0 Å². The summed E-state index contributed by atoms with van der Waals surface area (Å²) in [5.74, 6) is 0.894. The van der Waals surface area contributed by atoms with Gasteiger partial charge in [-0.05, 0) is 31.2 Å². The Morgan fingerprint density at radius 1 is 1.04 bits per heavy atom. The van der Waals surface area contributed by atoms with Crippen molar-refractivity contribution >= 4 is 34.4 Å². The van der Waals surface area contributed by atoms with Crippen molar-refractivity contribution in [2.45, 2.75) is 12.1 Å². The fraction of sp³-hybridized carbons (Fsp3) is 0.0556. The molecule has 0 amide bonds. The number of benzene rings is 2. The van der Waals surface area contributed by atoms with Gasteiger partial charge in [0, 0.05) is 22.3 Å². The van der Waals surface area contributed by atoms with Crippen molar-refractivity contribution in [3.8, 4) is 11.3 Å². The van der Waals surface area contributed by atoms with Crippen molar-refractivity contribution in [3.05, 3.63) is 70.9 Å². The summed E-state index contributed by atoms with van der Waals surface area (Å²) < 4.78 is 2.08. The third kappa shape index (κ3) is 2.81. The summed E-state index contributed by atoms with van der Waals surface area (Å²) in [7, 11) is 0. The summed E-state index contributed by atoms with van der Waals surface area (Å²) in [6.45, 7) is 2.08. The van der Waals surface area contributed by atoms with Crippen molar-refractivity contribution in [2.24, 2.45) is 10.2 Å². The molecule has 26 heavy (non-hydrogen) atoms. The molecular formula is C18H13BrClN5S. The summed E-state index contributed by atoms with van der Waals surface area (Å²) in [6, 6.07) is 16.0. The molecule has 130 valence electrons. The number of hydrogen-bond donors (Lipinski definition) is 1. The molecule has 1 atom stereocenters. The molecule has 3 heterocycles. The quantitative estimate of drug-likeness (QED) is 0.602. The number of fused-ring (bicyclic) bond motifs is 3. The standard InChI is InChI=1S/C18H12ClN5S.BrH/c1-11-3-2-4-13(9-11)16-21-22-18-24(16)23-10-15(20-17(23)25-18)12-5-7-14(19)8-6-12;/h2-10H,1H3;1H. The van der Waals surface area contributed by atoms with Gasteiger partial charge in [0.25, 0.3) is 5.84 Å². The van der Waals surface area contributed by atoms with Gasteiger partial charge in [0.05, 0.1) is 17.5 Å². The number of amidine groups is 2. The second-order valence-electron chi connectivity index (χ2n) is 5.96. The zero-order valence-electron chi connectivity index (χ0n) is 13.6. The summed E-state index contributed by atoms with van der Waals surface area (Å²) in [4.78, 5) is 4.75. The molecule has 0 aliphatic carbocycles. The minimum Gasteiger partial charge on any atom is -1.00 e. The summed E-state index contributed by atoms with van der Waals surface area (Å²) in [5, 5.41) is 12.3. The molecule has 2 aromatic carbocycles. The van der Waals surface area contributed by atoms with E-state index in [1.165, 1.54) is 5.56 Å². The number of nitrogens with one attached hydrogen (secondary N) is 1. The van der Waals surface area contributed by atoms with Gasteiger partial charge >= 0.3 is 5.17 Å². The number of aryl methyl sites for hydroxylation is 1. The number of thioether (sulfide) groups is 1.